The monoisotopic (exact) mass is 301 g/mol. The van der Waals surface area contributed by atoms with E-state index in [-0.39, 0.29) is 36.0 Å². The number of fused-ring (bicyclic) bond motifs is 1. The van der Waals surface area contributed by atoms with Crippen LogP contribution >= 0.6 is 11.6 Å². The number of carboxylic acid groups (broad SMARTS) is 1. The molecule has 0 radical (unpaired) electrons. The van der Waals surface area contributed by atoms with Crippen molar-refractivity contribution in [3.8, 4) is 0 Å². The second-order valence-corrected chi connectivity index (χ2v) is 6.97. The van der Waals surface area contributed by atoms with Crippen molar-refractivity contribution in [2.24, 2.45) is 0 Å². The van der Waals surface area contributed by atoms with E-state index in [1.807, 2.05) is 0 Å². The van der Waals surface area contributed by atoms with Crippen LogP contribution in [0.3, 0.4) is 0 Å². The van der Waals surface area contributed by atoms with Gasteiger partial charge in [0.15, 0.2) is 9.84 Å². The fourth-order valence-corrected chi connectivity index (χ4v) is 4.96. The van der Waals surface area contributed by atoms with Gasteiger partial charge in [-0.2, -0.15) is 0 Å². The van der Waals surface area contributed by atoms with E-state index in [1.54, 1.807) is 0 Å². The van der Waals surface area contributed by atoms with Crippen molar-refractivity contribution in [1.82, 2.24) is 4.90 Å². The maximum atomic E-state index is 12.1. The van der Waals surface area contributed by atoms with E-state index in [0.717, 1.165) is 16.5 Å². The van der Waals surface area contributed by atoms with Crippen LogP contribution in [0.1, 0.15) is 13.3 Å². The topological polar surface area (TPSA) is 94.6 Å². The summed E-state index contributed by atoms with van der Waals surface area (Å²) in [6.45, 7) is 1.23. The predicted octanol–water partition coefficient (Wildman–Crippen LogP) is -4.39. The Morgan fingerprint density at radius 1 is 1.61 bits per heavy atom. The first kappa shape index (κ1) is 16.0. The van der Waals surface area contributed by atoms with Crippen molar-refractivity contribution in [2.45, 2.75) is 29.5 Å². The first-order chi connectivity index (χ1) is 7.77. The zero-order valence-electron chi connectivity index (χ0n) is 9.79. The summed E-state index contributed by atoms with van der Waals surface area (Å²) >= 11 is 5.36. The molecule has 0 spiro atoms. The van der Waals surface area contributed by atoms with Gasteiger partial charge in [-0.15, -0.1) is 0 Å². The number of hydrogen-bond donors (Lipinski definition) is 0. The molecule has 0 saturated carbocycles. The molecule has 94 valence electrons. The molecule has 2 fully saturated rings. The first-order valence-electron chi connectivity index (χ1n) is 4.80. The number of sulfone groups is 1. The molecule has 1 amide bonds. The Balaban J connectivity index is 0.00000162. The largest absolute Gasteiger partial charge is 1.00 e. The molecule has 2 aliphatic rings. The summed E-state index contributed by atoms with van der Waals surface area (Å²) in [5.74, 6) is -2.10. The van der Waals surface area contributed by atoms with E-state index in [2.05, 4.69) is 0 Å². The third-order valence-electron chi connectivity index (χ3n) is 3.36. The van der Waals surface area contributed by atoms with Gasteiger partial charge in [-0.1, -0.05) is 11.6 Å². The van der Waals surface area contributed by atoms with Gasteiger partial charge in [-0.25, -0.2) is 8.42 Å². The maximum absolute atomic E-state index is 12.1. The van der Waals surface area contributed by atoms with Gasteiger partial charge < -0.3 is 14.8 Å². The number of aliphatic carboxylic acids is 1. The third-order valence-corrected chi connectivity index (χ3v) is 6.18. The Morgan fingerprint density at radius 2 is 2.17 bits per heavy atom. The fraction of sp³-hybridized carbons (Fsp3) is 0.556. The second kappa shape index (κ2) is 4.79. The van der Waals surface area contributed by atoms with Gasteiger partial charge >= 0.3 is 29.6 Å². The van der Waals surface area contributed by atoms with E-state index in [4.69, 9.17) is 11.6 Å². The van der Waals surface area contributed by atoms with Gasteiger partial charge in [0.05, 0.1) is 18.4 Å². The van der Waals surface area contributed by atoms with Crippen LogP contribution in [0.4, 0.5) is 0 Å². The Bertz CT molecular complexity index is 533. The van der Waals surface area contributed by atoms with E-state index in [0.29, 0.717) is 0 Å². The van der Waals surface area contributed by atoms with Crippen LogP contribution in [0.25, 0.3) is 0 Å². The Hall–Kier alpha value is -0.0800. The van der Waals surface area contributed by atoms with Gasteiger partial charge in [0.1, 0.15) is 10.1 Å². The predicted molar refractivity (Wildman–Crippen MR) is 56.4 cm³/mol. The van der Waals surface area contributed by atoms with Crippen molar-refractivity contribution in [3.05, 3.63) is 11.6 Å². The molecule has 2 heterocycles. The summed E-state index contributed by atoms with van der Waals surface area (Å²) in [7, 11) is -3.80. The molecule has 2 rings (SSSR count). The molecule has 3 atom stereocenters. The standard InChI is InChI=1S/C9H10ClNO5S.Na/c1-9(2-3-10)7(8(13)14)11-5(12)4-6(11)17(9,15)16;/h2-3,6-7H,4H2,1H3,(H,13,14);/q;+1/p-1/b3-2+;/t6-,7+,9+;/m1./s1. The summed E-state index contributed by atoms with van der Waals surface area (Å²) in [5.41, 5.74) is 0.948. The summed E-state index contributed by atoms with van der Waals surface area (Å²) in [6, 6.07) is -1.52. The van der Waals surface area contributed by atoms with E-state index < -0.39 is 37.9 Å². The number of carboxylic acids is 1. The van der Waals surface area contributed by atoms with E-state index in [1.165, 1.54) is 6.92 Å². The maximum Gasteiger partial charge on any atom is 1.00 e. The van der Waals surface area contributed by atoms with Crippen LogP contribution < -0.4 is 34.7 Å². The molecule has 9 heteroatoms. The average molecular weight is 302 g/mol. The molecule has 0 aliphatic carbocycles. The SMILES string of the molecule is C[C@]1(/C=C/Cl)[C@H](C(=O)[O-])N2C(=O)C[C@H]2S1(=O)=O.[Na+]. The van der Waals surface area contributed by atoms with Crippen LogP contribution in [-0.2, 0) is 19.4 Å². The first-order valence-corrected chi connectivity index (χ1v) is 6.79. The molecule has 6 nitrogen and oxygen atoms in total. The minimum absolute atomic E-state index is 0. The summed E-state index contributed by atoms with van der Waals surface area (Å²) < 4.78 is 22.5. The van der Waals surface area contributed by atoms with Crippen LogP contribution in [0.5, 0.6) is 0 Å². The molecule has 0 aromatic carbocycles. The summed E-state index contributed by atoms with van der Waals surface area (Å²) in [4.78, 5) is 23.2. The van der Waals surface area contributed by atoms with Crippen molar-refractivity contribution in [1.29, 1.82) is 0 Å². The van der Waals surface area contributed by atoms with Crippen LogP contribution in [0.15, 0.2) is 11.6 Å². The zero-order chi connectivity index (χ0) is 13.0. The molecule has 0 unspecified atom stereocenters. The van der Waals surface area contributed by atoms with Gasteiger partial charge in [0.25, 0.3) is 0 Å². The average Bonchev–Trinajstić information content (AvgIpc) is 2.33. The van der Waals surface area contributed by atoms with Gasteiger partial charge in [-0.3, -0.25) is 4.79 Å². The molecule has 2 aliphatic heterocycles. The fourth-order valence-electron chi connectivity index (χ4n) is 2.35. The third kappa shape index (κ3) is 1.76. The minimum atomic E-state index is -3.80. The minimum Gasteiger partial charge on any atom is -0.548 e. The zero-order valence-corrected chi connectivity index (χ0v) is 13.4. The number of amides is 1. The number of hydrogen-bond acceptors (Lipinski definition) is 5. The summed E-state index contributed by atoms with van der Waals surface area (Å²) in [5, 5.41) is 10.00. The van der Waals surface area contributed by atoms with Crippen LogP contribution in [-0.4, -0.2) is 41.4 Å². The normalized spacial score (nSPS) is 37.0. The number of β-lactam (4-membered cyclic amide) rings is 1. The second-order valence-electron chi connectivity index (χ2n) is 4.20. The number of rotatable bonds is 2. The van der Waals surface area contributed by atoms with Crippen LogP contribution in [0, 0.1) is 0 Å². The van der Waals surface area contributed by atoms with Gasteiger partial charge in [0.2, 0.25) is 5.91 Å². The molecule has 18 heavy (non-hydrogen) atoms. The smallest absolute Gasteiger partial charge is 0.548 e. The number of halogens is 1. The molecule has 2 saturated heterocycles. The van der Waals surface area contributed by atoms with E-state index in [9.17, 15) is 23.1 Å². The van der Waals surface area contributed by atoms with E-state index >= 15 is 0 Å². The van der Waals surface area contributed by atoms with Crippen LogP contribution in [0.2, 0.25) is 0 Å². The number of carbonyl (C=O) groups is 2. The molecule has 0 aromatic rings. The van der Waals surface area contributed by atoms with Gasteiger partial charge in [0, 0.05) is 5.54 Å². The molecular formula is C9H9ClNNaO5S. The van der Waals surface area contributed by atoms with Crippen molar-refractivity contribution in [3.63, 3.8) is 0 Å². The molecule has 0 aromatic heterocycles. The van der Waals surface area contributed by atoms with Crippen molar-refractivity contribution < 1.29 is 52.7 Å². The number of carbonyl (C=O) groups excluding carboxylic acids is 2. The molecular weight excluding hydrogens is 293 g/mol. The number of nitrogens with zero attached hydrogens (tertiary/aromatic N) is 1. The molecule has 0 N–H and O–H groups in total. The van der Waals surface area contributed by atoms with Crippen molar-refractivity contribution in [2.75, 3.05) is 0 Å². The molecule has 0 bridgehead atoms. The Morgan fingerprint density at radius 3 is 2.56 bits per heavy atom. The quantitative estimate of drug-likeness (QED) is 0.379. The Labute approximate surface area is 131 Å². The van der Waals surface area contributed by atoms with Gasteiger partial charge in [-0.05, 0) is 13.0 Å². The Kier molecular flexibility index (Phi) is 4.25. The summed E-state index contributed by atoms with van der Waals surface area (Å²) in [6.07, 6.45) is 0.897. The van der Waals surface area contributed by atoms with Crippen molar-refractivity contribution >= 4 is 33.3 Å².